The topological polar surface area (TPSA) is 81.7 Å². The van der Waals surface area contributed by atoms with Gasteiger partial charge < -0.3 is 20.6 Å². The van der Waals surface area contributed by atoms with Gasteiger partial charge >= 0.3 is 24.4 Å². The van der Waals surface area contributed by atoms with Gasteiger partial charge in [-0.25, -0.2) is 9.59 Å². The molecule has 0 aromatic heterocycles. The number of carboxylic acids is 1. The number of hydrogen-bond acceptors (Lipinski definition) is 3. The smallest absolute Gasteiger partial charge is 0.475 e. The number of hydrogen-bond donors (Lipinski definition) is 3. The molecule has 3 rings (SSSR count). The number of carboxylic acid groups (broad SMARTS) is 1. The predicted octanol–water partition coefficient (Wildman–Crippen LogP) is 3.89. The third kappa shape index (κ3) is 6.89. The number of carbonyl (C=O) groups is 2. The Morgan fingerprint density at radius 1 is 1.13 bits per heavy atom. The molecule has 0 unspecified atom stereocenters. The lowest BCUT2D eigenvalue weighted by molar-refractivity contribution is -0.192. The molecule has 1 aromatic carbocycles. The molecule has 1 spiro atoms. The Morgan fingerprint density at radius 2 is 1.68 bits per heavy atom. The molecular weight excluding hydrogens is 456 g/mol. The van der Waals surface area contributed by atoms with Crippen molar-refractivity contribution in [2.45, 2.75) is 31.7 Å². The number of aliphatic carboxylic acids is 1. The van der Waals surface area contributed by atoms with Gasteiger partial charge in [-0.1, -0.05) is 17.7 Å². The Labute approximate surface area is 178 Å². The molecule has 3 N–H and O–H groups in total. The van der Waals surface area contributed by atoms with Gasteiger partial charge in [0.1, 0.15) is 0 Å². The summed E-state index contributed by atoms with van der Waals surface area (Å²) in [6.07, 6.45) is -7.51. The van der Waals surface area contributed by atoms with Crippen molar-refractivity contribution in [1.29, 1.82) is 0 Å². The van der Waals surface area contributed by atoms with Gasteiger partial charge in [0.25, 0.3) is 0 Å². The molecule has 0 radical (unpaired) electrons. The number of alkyl halides is 6. The highest BCUT2D eigenvalue weighted by Gasteiger charge is 2.45. The molecule has 2 heterocycles. The van der Waals surface area contributed by atoms with Gasteiger partial charge in [-0.3, -0.25) is 0 Å². The zero-order valence-corrected chi connectivity index (χ0v) is 16.8. The van der Waals surface area contributed by atoms with Gasteiger partial charge in [-0.05, 0) is 43.6 Å². The molecule has 2 amide bonds. The molecule has 0 aliphatic carbocycles. The van der Waals surface area contributed by atoms with E-state index in [1.807, 2.05) is 0 Å². The van der Waals surface area contributed by atoms with Gasteiger partial charge in [0.05, 0.1) is 5.56 Å². The predicted molar refractivity (Wildman–Crippen MR) is 98.5 cm³/mol. The number of benzene rings is 1. The average molecular weight is 476 g/mol. The molecule has 0 saturated carbocycles. The molecule has 174 valence electrons. The fraction of sp³-hybridized carbons (Fsp3) is 0.556. The van der Waals surface area contributed by atoms with E-state index in [0.717, 1.165) is 32.0 Å². The number of piperidine rings is 1. The van der Waals surface area contributed by atoms with Crippen LogP contribution in [-0.4, -0.2) is 54.4 Å². The molecule has 0 bridgehead atoms. The van der Waals surface area contributed by atoms with Crippen molar-refractivity contribution >= 4 is 23.6 Å². The highest BCUT2D eigenvalue weighted by Crippen LogP contribution is 2.38. The monoisotopic (exact) mass is 475 g/mol. The van der Waals surface area contributed by atoms with Crippen molar-refractivity contribution in [2.24, 2.45) is 5.41 Å². The van der Waals surface area contributed by atoms with Crippen LogP contribution >= 0.6 is 11.6 Å². The first-order chi connectivity index (χ1) is 14.2. The maximum atomic E-state index is 13.0. The Bertz CT molecular complexity index is 802. The number of carbonyl (C=O) groups excluding carboxylic acids is 1. The number of likely N-dealkylation sites (tertiary alicyclic amines) is 1. The minimum absolute atomic E-state index is 0.0114. The van der Waals surface area contributed by atoms with Crippen molar-refractivity contribution in [1.82, 2.24) is 15.5 Å². The minimum atomic E-state index is -5.08. The average Bonchev–Trinajstić information content (AvgIpc) is 2.64. The van der Waals surface area contributed by atoms with Crippen molar-refractivity contribution in [3.05, 3.63) is 34.3 Å². The van der Waals surface area contributed by atoms with Crippen LogP contribution in [0.5, 0.6) is 0 Å². The molecule has 1 aromatic rings. The van der Waals surface area contributed by atoms with Crippen LogP contribution in [0, 0.1) is 5.41 Å². The summed E-state index contributed by atoms with van der Waals surface area (Å²) in [5.74, 6) is -2.76. The van der Waals surface area contributed by atoms with E-state index in [-0.39, 0.29) is 28.6 Å². The second-order valence-corrected chi connectivity index (χ2v) is 7.80. The number of halogens is 7. The number of nitrogens with one attached hydrogen (secondary N) is 2. The van der Waals surface area contributed by atoms with Gasteiger partial charge in [0.15, 0.2) is 0 Å². The first-order valence-electron chi connectivity index (χ1n) is 9.13. The second-order valence-electron chi connectivity index (χ2n) is 7.37. The lowest BCUT2D eigenvalue weighted by atomic mass is 9.72. The Kier molecular flexibility index (Phi) is 7.69. The molecule has 2 aliphatic heterocycles. The first kappa shape index (κ1) is 25.1. The summed E-state index contributed by atoms with van der Waals surface area (Å²) < 4.78 is 70.9. The van der Waals surface area contributed by atoms with Crippen LogP contribution in [0.3, 0.4) is 0 Å². The highest BCUT2D eigenvalue weighted by molar-refractivity contribution is 6.30. The maximum Gasteiger partial charge on any atom is 0.490 e. The minimum Gasteiger partial charge on any atom is -0.475 e. The molecule has 2 aliphatic rings. The largest absolute Gasteiger partial charge is 0.490 e. The van der Waals surface area contributed by atoms with Crippen molar-refractivity contribution in [3.8, 4) is 0 Å². The Hall–Kier alpha value is -2.21. The molecule has 0 atom stereocenters. The van der Waals surface area contributed by atoms with E-state index in [4.69, 9.17) is 21.5 Å². The molecule has 31 heavy (non-hydrogen) atoms. The quantitative estimate of drug-likeness (QED) is 0.567. The van der Waals surface area contributed by atoms with Gasteiger partial charge in [0, 0.05) is 30.1 Å². The molecular formula is C18H20ClF6N3O3. The third-order valence-electron chi connectivity index (χ3n) is 5.05. The standard InChI is InChI=1S/C16H19ClF3N3O.C2HF3O2/c17-12-2-1-11(13(7-12)16(18,19)20)8-22-14(24)23-9-15(10-23)3-5-21-6-4-15;3-2(4,5)1(6)7/h1-2,7,21H,3-6,8-10H2,(H,22,24);(H,6,7). The van der Waals surface area contributed by atoms with Crippen LogP contribution in [0.4, 0.5) is 31.1 Å². The van der Waals surface area contributed by atoms with E-state index in [2.05, 4.69) is 10.6 Å². The van der Waals surface area contributed by atoms with Crippen LogP contribution in [0.2, 0.25) is 5.02 Å². The molecule has 13 heteroatoms. The number of rotatable bonds is 2. The van der Waals surface area contributed by atoms with E-state index >= 15 is 0 Å². The third-order valence-corrected chi connectivity index (χ3v) is 5.29. The summed E-state index contributed by atoms with van der Waals surface area (Å²) in [7, 11) is 0. The number of nitrogens with zero attached hydrogens (tertiary/aromatic N) is 1. The van der Waals surface area contributed by atoms with E-state index < -0.39 is 23.9 Å². The Balaban J connectivity index is 0.000000423. The summed E-state index contributed by atoms with van der Waals surface area (Å²) >= 11 is 5.65. The fourth-order valence-electron chi connectivity index (χ4n) is 3.43. The van der Waals surface area contributed by atoms with Gasteiger partial charge in [-0.15, -0.1) is 0 Å². The first-order valence-corrected chi connectivity index (χ1v) is 9.51. The van der Waals surface area contributed by atoms with Gasteiger partial charge in [0.2, 0.25) is 0 Å². The molecule has 2 saturated heterocycles. The van der Waals surface area contributed by atoms with Crippen LogP contribution in [0.15, 0.2) is 18.2 Å². The molecule has 2 fully saturated rings. The van der Waals surface area contributed by atoms with E-state index in [1.54, 1.807) is 4.90 Å². The summed E-state index contributed by atoms with van der Waals surface area (Å²) in [5.41, 5.74) is -0.605. The fourth-order valence-corrected chi connectivity index (χ4v) is 3.60. The SMILES string of the molecule is O=C(NCc1ccc(Cl)cc1C(F)(F)F)N1CC2(CCNCC2)C1.O=C(O)C(F)(F)F. The summed E-state index contributed by atoms with van der Waals surface area (Å²) in [5, 5.41) is 13.0. The lowest BCUT2D eigenvalue weighted by Crippen LogP contribution is -2.63. The van der Waals surface area contributed by atoms with E-state index in [0.29, 0.717) is 13.1 Å². The van der Waals surface area contributed by atoms with Gasteiger partial charge in [-0.2, -0.15) is 26.3 Å². The van der Waals surface area contributed by atoms with Crippen LogP contribution in [0.1, 0.15) is 24.0 Å². The van der Waals surface area contributed by atoms with Crippen molar-refractivity contribution < 1.29 is 41.0 Å². The second kappa shape index (κ2) is 9.51. The summed E-state index contributed by atoms with van der Waals surface area (Å²) in [6, 6.07) is 3.26. The summed E-state index contributed by atoms with van der Waals surface area (Å²) in [6.45, 7) is 3.08. The number of amides is 2. The zero-order valence-electron chi connectivity index (χ0n) is 16.0. The normalized spacial score (nSPS) is 18.0. The maximum absolute atomic E-state index is 13.0. The van der Waals surface area contributed by atoms with Crippen molar-refractivity contribution in [3.63, 3.8) is 0 Å². The molecule has 6 nitrogen and oxygen atoms in total. The number of urea groups is 1. The highest BCUT2D eigenvalue weighted by atomic mass is 35.5. The van der Waals surface area contributed by atoms with E-state index in [9.17, 15) is 31.1 Å². The zero-order chi connectivity index (χ0) is 23.4. The van der Waals surface area contributed by atoms with Crippen LogP contribution in [0.25, 0.3) is 0 Å². The Morgan fingerprint density at radius 3 is 2.16 bits per heavy atom. The summed E-state index contributed by atoms with van der Waals surface area (Å²) in [4.78, 5) is 22.7. The van der Waals surface area contributed by atoms with Crippen LogP contribution in [-0.2, 0) is 17.5 Å². The van der Waals surface area contributed by atoms with Crippen LogP contribution < -0.4 is 10.6 Å². The van der Waals surface area contributed by atoms with Crippen molar-refractivity contribution in [2.75, 3.05) is 26.2 Å². The lowest BCUT2D eigenvalue weighted by Gasteiger charge is -2.52. The van der Waals surface area contributed by atoms with E-state index in [1.165, 1.54) is 12.1 Å².